The molecule has 3 aromatic carbocycles. The van der Waals surface area contributed by atoms with Gasteiger partial charge in [0.05, 0.1) is 23.7 Å². The predicted octanol–water partition coefficient (Wildman–Crippen LogP) is 5.74. The Morgan fingerprint density at radius 1 is 1.06 bits per heavy atom. The van der Waals surface area contributed by atoms with E-state index < -0.39 is 0 Å². The maximum absolute atomic E-state index is 12.3. The van der Waals surface area contributed by atoms with E-state index in [4.69, 9.17) is 9.47 Å². The van der Waals surface area contributed by atoms with Crippen molar-refractivity contribution in [3.05, 3.63) is 93.0 Å². The van der Waals surface area contributed by atoms with Gasteiger partial charge in [-0.15, -0.1) is 0 Å². The second-order valence-corrected chi connectivity index (χ2v) is 8.29. The highest BCUT2D eigenvalue weighted by molar-refractivity contribution is 9.10. The lowest BCUT2D eigenvalue weighted by molar-refractivity contribution is -0.120. The first-order valence-electron chi connectivity index (χ1n) is 10.5. The first-order valence-corrected chi connectivity index (χ1v) is 11.3. The maximum atomic E-state index is 12.3. The first-order chi connectivity index (χ1) is 15.5. The van der Waals surface area contributed by atoms with Gasteiger partial charge in [0.1, 0.15) is 6.61 Å². The summed E-state index contributed by atoms with van der Waals surface area (Å²) in [6.07, 6.45) is 1.88. The molecule has 1 amide bonds. The van der Waals surface area contributed by atoms with Gasteiger partial charge in [0, 0.05) is 0 Å². The molecule has 3 aromatic rings. The van der Waals surface area contributed by atoms with E-state index in [0.717, 1.165) is 32.3 Å². The first kappa shape index (κ1) is 23.5. The van der Waals surface area contributed by atoms with E-state index in [1.165, 1.54) is 0 Å². The van der Waals surface area contributed by atoms with E-state index in [1.807, 2.05) is 81.4 Å². The third kappa shape index (κ3) is 6.69. The van der Waals surface area contributed by atoms with Crippen molar-refractivity contribution in [2.24, 2.45) is 5.10 Å². The number of aryl methyl sites for hydroxylation is 2. The van der Waals surface area contributed by atoms with Gasteiger partial charge in [0.15, 0.2) is 11.5 Å². The number of hydrogen-bond donors (Lipinski definition) is 1. The normalized spacial score (nSPS) is 10.9. The molecule has 5 nitrogen and oxygen atoms in total. The van der Waals surface area contributed by atoms with Crippen molar-refractivity contribution in [3.8, 4) is 11.5 Å². The Kier molecular flexibility index (Phi) is 8.45. The highest BCUT2D eigenvalue weighted by Gasteiger charge is 2.12. The summed E-state index contributed by atoms with van der Waals surface area (Å²) in [7, 11) is 0. The number of amides is 1. The SMILES string of the molecule is CCOc1cc(/C=N/NC(=O)Cc2cc(C)ccc2C)cc(Br)c1OCc1ccccc1. The second-order valence-electron chi connectivity index (χ2n) is 7.44. The van der Waals surface area contributed by atoms with Crippen molar-refractivity contribution in [2.75, 3.05) is 6.61 Å². The molecular weight excluding hydrogens is 468 g/mol. The summed E-state index contributed by atoms with van der Waals surface area (Å²) in [5.74, 6) is 1.08. The number of carbonyl (C=O) groups excluding carboxylic acids is 1. The molecule has 0 saturated heterocycles. The van der Waals surface area contributed by atoms with Crippen molar-refractivity contribution in [1.29, 1.82) is 0 Å². The van der Waals surface area contributed by atoms with Gasteiger partial charge in [0.2, 0.25) is 5.91 Å². The standard InChI is InChI=1S/C26H27BrN2O3/c1-4-31-24-14-21(13-23(27)26(24)32-17-20-8-6-5-7-9-20)16-28-29-25(30)15-22-12-18(2)10-11-19(22)3/h5-14,16H,4,15,17H2,1-3H3,(H,29,30)/b28-16+. The summed E-state index contributed by atoms with van der Waals surface area (Å²) in [6, 6.07) is 19.8. The summed E-state index contributed by atoms with van der Waals surface area (Å²) >= 11 is 3.57. The summed E-state index contributed by atoms with van der Waals surface area (Å²) in [6.45, 7) is 6.87. The van der Waals surface area contributed by atoms with Crippen LogP contribution in [0.1, 0.15) is 34.7 Å². The maximum Gasteiger partial charge on any atom is 0.244 e. The Bertz CT molecular complexity index is 1100. The van der Waals surface area contributed by atoms with Crippen molar-refractivity contribution < 1.29 is 14.3 Å². The molecule has 0 aliphatic carbocycles. The van der Waals surface area contributed by atoms with Crippen LogP contribution >= 0.6 is 15.9 Å². The Labute approximate surface area is 197 Å². The molecule has 0 unspecified atom stereocenters. The van der Waals surface area contributed by atoms with Gasteiger partial charge in [-0.3, -0.25) is 4.79 Å². The molecule has 0 aromatic heterocycles. The van der Waals surface area contributed by atoms with Gasteiger partial charge in [-0.1, -0.05) is 54.1 Å². The molecule has 0 fully saturated rings. The average molecular weight is 495 g/mol. The Balaban J connectivity index is 1.67. The topological polar surface area (TPSA) is 59.9 Å². The van der Waals surface area contributed by atoms with Crippen LogP contribution in [-0.2, 0) is 17.8 Å². The molecule has 0 heterocycles. The number of hydrazone groups is 1. The molecule has 166 valence electrons. The van der Waals surface area contributed by atoms with Crippen LogP contribution in [0.15, 0.2) is 70.2 Å². The molecule has 0 aliphatic rings. The third-order valence-electron chi connectivity index (χ3n) is 4.82. The van der Waals surface area contributed by atoms with Gasteiger partial charge >= 0.3 is 0 Å². The van der Waals surface area contributed by atoms with Crippen molar-refractivity contribution in [1.82, 2.24) is 5.43 Å². The Hall–Kier alpha value is -3.12. The van der Waals surface area contributed by atoms with Crippen molar-refractivity contribution in [3.63, 3.8) is 0 Å². The smallest absolute Gasteiger partial charge is 0.244 e. The molecule has 1 N–H and O–H groups in total. The number of halogens is 1. The molecular formula is C26H27BrN2O3. The minimum absolute atomic E-state index is 0.165. The van der Waals surface area contributed by atoms with Gasteiger partial charge in [-0.2, -0.15) is 5.10 Å². The zero-order valence-corrected chi connectivity index (χ0v) is 20.1. The van der Waals surface area contributed by atoms with Crippen LogP contribution in [0.25, 0.3) is 0 Å². The minimum atomic E-state index is -0.165. The van der Waals surface area contributed by atoms with E-state index in [-0.39, 0.29) is 12.3 Å². The van der Waals surface area contributed by atoms with Crippen LogP contribution < -0.4 is 14.9 Å². The molecule has 0 spiro atoms. The molecule has 0 saturated carbocycles. The molecule has 0 bridgehead atoms. The average Bonchev–Trinajstić information content (AvgIpc) is 2.77. The van der Waals surface area contributed by atoms with Crippen molar-refractivity contribution >= 4 is 28.1 Å². The number of ether oxygens (including phenoxy) is 2. The monoisotopic (exact) mass is 494 g/mol. The molecule has 6 heteroatoms. The molecule has 32 heavy (non-hydrogen) atoms. The fraction of sp³-hybridized carbons (Fsp3) is 0.231. The van der Waals surface area contributed by atoms with E-state index in [0.29, 0.717) is 24.7 Å². The van der Waals surface area contributed by atoms with Crippen LogP contribution in [0.4, 0.5) is 0 Å². The fourth-order valence-corrected chi connectivity index (χ4v) is 3.75. The second kappa shape index (κ2) is 11.5. The van der Waals surface area contributed by atoms with E-state index in [9.17, 15) is 4.79 Å². The number of nitrogens with one attached hydrogen (secondary N) is 1. The highest BCUT2D eigenvalue weighted by atomic mass is 79.9. The van der Waals surface area contributed by atoms with Gasteiger partial charge in [-0.25, -0.2) is 5.43 Å². The number of nitrogens with zero attached hydrogens (tertiary/aromatic N) is 1. The molecule has 0 radical (unpaired) electrons. The van der Waals surface area contributed by atoms with Gasteiger partial charge in [0.25, 0.3) is 0 Å². The fourth-order valence-electron chi connectivity index (χ4n) is 3.18. The summed E-state index contributed by atoms with van der Waals surface area (Å²) in [4.78, 5) is 12.3. The van der Waals surface area contributed by atoms with Crippen LogP contribution in [0.3, 0.4) is 0 Å². The molecule has 0 aliphatic heterocycles. The van der Waals surface area contributed by atoms with Gasteiger partial charge < -0.3 is 9.47 Å². The Morgan fingerprint density at radius 3 is 2.59 bits per heavy atom. The summed E-state index contributed by atoms with van der Waals surface area (Å²) in [5, 5.41) is 4.11. The zero-order chi connectivity index (χ0) is 22.9. The van der Waals surface area contributed by atoms with E-state index in [2.05, 4.69) is 26.5 Å². The quantitative estimate of drug-likeness (QED) is 0.305. The Morgan fingerprint density at radius 2 is 1.84 bits per heavy atom. The summed E-state index contributed by atoms with van der Waals surface area (Å²) < 4.78 is 12.5. The lowest BCUT2D eigenvalue weighted by Gasteiger charge is -2.14. The number of rotatable bonds is 9. The van der Waals surface area contributed by atoms with Gasteiger partial charge in [-0.05, 0) is 71.1 Å². The third-order valence-corrected chi connectivity index (χ3v) is 5.41. The molecule has 3 rings (SSSR count). The van der Waals surface area contributed by atoms with Crippen LogP contribution in [0.5, 0.6) is 11.5 Å². The summed E-state index contributed by atoms with van der Waals surface area (Å²) in [5.41, 5.74) is 7.66. The van der Waals surface area contributed by atoms with E-state index >= 15 is 0 Å². The molecule has 0 atom stereocenters. The van der Waals surface area contributed by atoms with E-state index in [1.54, 1.807) is 6.21 Å². The highest BCUT2D eigenvalue weighted by Crippen LogP contribution is 2.37. The number of hydrogen-bond acceptors (Lipinski definition) is 4. The lowest BCUT2D eigenvalue weighted by atomic mass is 10.0. The number of carbonyl (C=O) groups is 1. The van der Waals surface area contributed by atoms with Crippen molar-refractivity contribution in [2.45, 2.75) is 33.8 Å². The number of benzene rings is 3. The largest absolute Gasteiger partial charge is 0.490 e. The van der Waals surface area contributed by atoms with Crippen LogP contribution in [-0.4, -0.2) is 18.7 Å². The zero-order valence-electron chi connectivity index (χ0n) is 18.5. The van der Waals surface area contributed by atoms with Crippen LogP contribution in [0.2, 0.25) is 0 Å². The predicted molar refractivity (Wildman–Crippen MR) is 131 cm³/mol. The van der Waals surface area contributed by atoms with Crippen LogP contribution in [0, 0.1) is 13.8 Å². The lowest BCUT2D eigenvalue weighted by Crippen LogP contribution is -2.20. The minimum Gasteiger partial charge on any atom is -0.490 e.